The lowest BCUT2D eigenvalue weighted by atomic mass is 9.89. The fourth-order valence-corrected chi connectivity index (χ4v) is 7.08. The van der Waals surface area contributed by atoms with Crippen LogP contribution in [-0.2, 0) is 5.54 Å². The fourth-order valence-electron chi connectivity index (χ4n) is 4.07. The monoisotopic (exact) mass is 373 g/mol. The highest BCUT2D eigenvalue weighted by molar-refractivity contribution is 7.68. The van der Waals surface area contributed by atoms with E-state index in [2.05, 4.69) is 62.4 Å². The minimum Gasteiger partial charge on any atom is -0.375 e. The van der Waals surface area contributed by atoms with Crippen molar-refractivity contribution in [1.29, 1.82) is 0 Å². The standard InChI is InChI=1S/C20H27N3S2/c1-20(2)18-17(15-7-5-6-8-16(15)22-20)19(25-24-18)21-13-9-11-14(12-10-13)23(3)4/h5-8,13-14,22H,9-12H2,1-4H3. The zero-order chi connectivity index (χ0) is 17.6. The van der Waals surface area contributed by atoms with Gasteiger partial charge in [-0.15, -0.1) is 0 Å². The molecule has 4 rings (SSSR count). The van der Waals surface area contributed by atoms with Crippen molar-refractivity contribution in [2.24, 2.45) is 4.99 Å². The van der Waals surface area contributed by atoms with Gasteiger partial charge in [0.05, 0.1) is 16.5 Å². The predicted molar refractivity (Wildman–Crippen MR) is 110 cm³/mol. The molecule has 0 atom stereocenters. The topological polar surface area (TPSA) is 27.6 Å². The Hall–Kier alpha value is -1.17. The maximum absolute atomic E-state index is 5.23. The molecule has 2 heterocycles. The second-order valence-corrected chi connectivity index (χ2v) is 10.2. The van der Waals surface area contributed by atoms with Gasteiger partial charge in [-0.3, -0.25) is 4.99 Å². The molecule has 0 unspecified atom stereocenters. The number of hydrogen-bond acceptors (Lipinski definition) is 5. The Morgan fingerprint density at radius 1 is 1.08 bits per heavy atom. The van der Waals surface area contributed by atoms with Crippen molar-refractivity contribution >= 4 is 26.4 Å². The summed E-state index contributed by atoms with van der Waals surface area (Å²) in [6, 6.07) is 9.89. The minimum absolute atomic E-state index is 0.0266. The van der Waals surface area contributed by atoms with Crippen LogP contribution in [-0.4, -0.2) is 31.1 Å². The molecule has 1 saturated carbocycles. The van der Waals surface area contributed by atoms with Gasteiger partial charge in [0.2, 0.25) is 0 Å². The van der Waals surface area contributed by atoms with Gasteiger partial charge in [0.25, 0.3) is 0 Å². The predicted octanol–water partition coefficient (Wildman–Crippen LogP) is 4.91. The third-order valence-corrected chi connectivity index (χ3v) is 8.21. The van der Waals surface area contributed by atoms with Gasteiger partial charge in [-0.2, -0.15) is 0 Å². The number of fused-ring (bicyclic) bond motifs is 3. The molecule has 1 aromatic heterocycles. The molecule has 25 heavy (non-hydrogen) atoms. The lowest BCUT2D eigenvalue weighted by Crippen LogP contribution is -2.34. The van der Waals surface area contributed by atoms with Crippen LogP contribution in [0.25, 0.3) is 11.1 Å². The third-order valence-electron chi connectivity index (χ3n) is 5.55. The molecular formula is C20H27N3S2. The lowest BCUT2D eigenvalue weighted by molar-refractivity contribution is 0.217. The first-order valence-electron chi connectivity index (χ1n) is 9.17. The Morgan fingerprint density at radius 2 is 1.80 bits per heavy atom. The van der Waals surface area contributed by atoms with Crippen molar-refractivity contribution in [2.45, 2.75) is 57.2 Å². The van der Waals surface area contributed by atoms with Crippen LogP contribution in [0.2, 0.25) is 0 Å². The average Bonchev–Trinajstić information content (AvgIpc) is 3.00. The molecule has 3 nitrogen and oxygen atoms in total. The van der Waals surface area contributed by atoms with Gasteiger partial charge in [0.15, 0.2) is 0 Å². The Labute approximate surface area is 157 Å². The van der Waals surface area contributed by atoms with Crippen LogP contribution in [0.15, 0.2) is 29.3 Å². The zero-order valence-corrected chi connectivity index (χ0v) is 17.1. The Balaban J connectivity index is 1.71. The minimum atomic E-state index is -0.0266. The van der Waals surface area contributed by atoms with E-state index < -0.39 is 0 Å². The van der Waals surface area contributed by atoms with Crippen molar-refractivity contribution in [3.8, 4) is 11.1 Å². The maximum Gasteiger partial charge on any atom is 0.130 e. The molecule has 0 saturated heterocycles. The molecule has 2 aliphatic rings. The number of nitrogens with one attached hydrogen (secondary N) is 1. The molecule has 0 radical (unpaired) electrons. The summed E-state index contributed by atoms with van der Waals surface area (Å²) in [5.41, 5.74) is 3.90. The van der Waals surface area contributed by atoms with E-state index >= 15 is 0 Å². The van der Waals surface area contributed by atoms with Crippen LogP contribution in [0.1, 0.15) is 44.4 Å². The molecular weight excluding hydrogens is 346 g/mol. The first kappa shape index (κ1) is 17.3. The fraction of sp³-hybridized carbons (Fsp3) is 0.550. The number of hydrogen-bond donors (Lipinski definition) is 1. The van der Waals surface area contributed by atoms with Crippen LogP contribution in [0.5, 0.6) is 0 Å². The first-order valence-corrected chi connectivity index (χ1v) is 11.3. The van der Waals surface area contributed by atoms with E-state index in [1.165, 1.54) is 52.0 Å². The van der Waals surface area contributed by atoms with Crippen LogP contribution < -0.4 is 9.99 Å². The molecule has 0 amide bonds. The number of anilines is 1. The van der Waals surface area contributed by atoms with Crippen LogP contribution >= 0.6 is 20.7 Å². The van der Waals surface area contributed by atoms with E-state index in [-0.39, 0.29) is 5.54 Å². The summed E-state index contributed by atoms with van der Waals surface area (Å²) < 4.78 is 1.25. The molecule has 0 spiro atoms. The van der Waals surface area contributed by atoms with Gasteiger partial charge in [0.1, 0.15) is 4.67 Å². The van der Waals surface area contributed by atoms with E-state index in [1.54, 1.807) is 0 Å². The van der Waals surface area contributed by atoms with Crippen molar-refractivity contribution in [1.82, 2.24) is 4.90 Å². The summed E-state index contributed by atoms with van der Waals surface area (Å²) in [4.78, 5) is 9.03. The molecule has 1 aliphatic heterocycles. The molecule has 1 aliphatic carbocycles. The summed E-state index contributed by atoms with van der Waals surface area (Å²) in [5.74, 6) is 0. The van der Waals surface area contributed by atoms with E-state index in [9.17, 15) is 0 Å². The number of benzene rings is 1. The summed E-state index contributed by atoms with van der Waals surface area (Å²) in [6.45, 7) is 4.55. The SMILES string of the molecule is CN(C)C1CCC(N=c2ssc3c2-c2ccccc2NC3(C)C)CC1. The molecule has 1 aromatic carbocycles. The highest BCUT2D eigenvalue weighted by Crippen LogP contribution is 2.45. The number of rotatable bonds is 2. The van der Waals surface area contributed by atoms with Crippen LogP contribution in [0.3, 0.4) is 0 Å². The smallest absolute Gasteiger partial charge is 0.130 e. The summed E-state index contributed by atoms with van der Waals surface area (Å²) in [5, 5.41) is 3.70. The Bertz CT molecular complexity index is 823. The van der Waals surface area contributed by atoms with Crippen LogP contribution in [0, 0.1) is 0 Å². The highest BCUT2D eigenvalue weighted by Gasteiger charge is 2.33. The van der Waals surface area contributed by atoms with Crippen molar-refractivity contribution in [3.05, 3.63) is 33.8 Å². The second kappa shape index (κ2) is 6.53. The van der Waals surface area contributed by atoms with Crippen molar-refractivity contribution in [2.75, 3.05) is 19.4 Å². The summed E-state index contributed by atoms with van der Waals surface area (Å²) in [6.07, 6.45) is 4.95. The van der Waals surface area contributed by atoms with Gasteiger partial charge in [-0.1, -0.05) is 38.9 Å². The maximum atomic E-state index is 5.23. The number of nitrogens with zero attached hydrogens (tertiary/aromatic N) is 2. The van der Waals surface area contributed by atoms with Crippen LogP contribution in [0.4, 0.5) is 5.69 Å². The highest BCUT2D eigenvalue weighted by atomic mass is 32.9. The first-order chi connectivity index (χ1) is 12.0. The van der Waals surface area contributed by atoms with Crippen molar-refractivity contribution < 1.29 is 0 Å². The van der Waals surface area contributed by atoms with E-state index in [0.717, 1.165) is 6.04 Å². The molecule has 2 aromatic rings. The van der Waals surface area contributed by atoms with Gasteiger partial charge in [-0.25, -0.2) is 0 Å². The van der Waals surface area contributed by atoms with Gasteiger partial charge < -0.3 is 10.2 Å². The molecule has 1 N–H and O–H groups in total. The zero-order valence-electron chi connectivity index (χ0n) is 15.5. The molecule has 5 heteroatoms. The van der Waals surface area contributed by atoms with Gasteiger partial charge in [-0.05, 0) is 59.7 Å². The quantitative estimate of drug-likeness (QED) is 0.757. The van der Waals surface area contributed by atoms with Gasteiger partial charge in [0, 0.05) is 22.9 Å². The molecule has 1 fully saturated rings. The van der Waals surface area contributed by atoms with Gasteiger partial charge >= 0.3 is 0 Å². The van der Waals surface area contributed by atoms with Crippen molar-refractivity contribution in [3.63, 3.8) is 0 Å². The lowest BCUT2D eigenvalue weighted by Gasteiger charge is -2.33. The van der Waals surface area contributed by atoms with E-state index in [0.29, 0.717) is 6.04 Å². The molecule has 134 valence electrons. The summed E-state index contributed by atoms with van der Waals surface area (Å²) in [7, 11) is 8.15. The normalized spacial score (nSPS) is 25.4. The Morgan fingerprint density at radius 3 is 2.52 bits per heavy atom. The second-order valence-electron chi connectivity index (χ2n) is 8.03. The third kappa shape index (κ3) is 3.18. The van der Waals surface area contributed by atoms with E-state index in [4.69, 9.17) is 4.99 Å². The average molecular weight is 374 g/mol. The van der Waals surface area contributed by atoms with E-state index in [1.807, 2.05) is 20.7 Å². The summed E-state index contributed by atoms with van der Waals surface area (Å²) >= 11 is 0. The number of para-hydroxylation sites is 1. The largest absolute Gasteiger partial charge is 0.375 e. The molecule has 0 bridgehead atoms. The Kier molecular flexibility index (Phi) is 4.50.